The van der Waals surface area contributed by atoms with Crippen molar-refractivity contribution in [1.29, 1.82) is 0 Å². The lowest BCUT2D eigenvalue weighted by Crippen LogP contribution is -2.31. The number of halogens is 3. The number of likely N-dealkylation sites (N-methyl/N-ethyl adjacent to an activating group) is 1. The van der Waals surface area contributed by atoms with Crippen molar-refractivity contribution in [3.8, 4) is 5.75 Å². The number of hydrogen-bond acceptors (Lipinski definition) is 2. The van der Waals surface area contributed by atoms with Gasteiger partial charge in [0.05, 0.1) is 10.0 Å². The van der Waals surface area contributed by atoms with Crippen LogP contribution < -0.4 is 10.1 Å². The van der Waals surface area contributed by atoms with Crippen LogP contribution in [0.4, 0.5) is 0 Å². The molecule has 17 heavy (non-hydrogen) atoms. The summed E-state index contributed by atoms with van der Waals surface area (Å²) in [6.45, 7) is 2.66. The van der Waals surface area contributed by atoms with Gasteiger partial charge in [-0.3, -0.25) is 0 Å². The van der Waals surface area contributed by atoms with Crippen molar-refractivity contribution in [1.82, 2.24) is 5.32 Å². The van der Waals surface area contributed by atoms with Gasteiger partial charge in [-0.15, -0.1) is 0 Å². The number of hydrogen-bond donors (Lipinski definition) is 1. The molecule has 0 amide bonds. The highest BCUT2D eigenvalue weighted by Crippen LogP contribution is 2.35. The Morgan fingerprint density at radius 3 is 2.29 bits per heavy atom. The lowest BCUT2D eigenvalue weighted by Gasteiger charge is -2.17. The van der Waals surface area contributed by atoms with Crippen LogP contribution >= 0.6 is 34.8 Å². The fourth-order valence-corrected chi connectivity index (χ4v) is 2.44. The normalized spacial score (nSPS) is 12.5. The average Bonchev–Trinajstić information content (AvgIpc) is 2.26. The quantitative estimate of drug-likeness (QED) is 0.839. The molecule has 0 saturated carbocycles. The zero-order valence-electron chi connectivity index (χ0n) is 9.90. The first-order valence-electron chi connectivity index (χ1n) is 5.53. The van der Waals surface area contributed by atoms with Gasteiger partial charge < -0.3 is 10.1 Å². The first kappa shape index (κ1) is 14.9. The van der Waals surface area contributed by atoms with E-state index in [0.29, 0.717) is 33.5 Å². The summed E-state index contributed by atoms with van der Waals surface area (Å²) in [5.74, 6) is 0.495. The summed E-state index contributed by atoms with van der Waals surface area (Å²) < 4.78 is 5.64. The van der Waals surface area contributed by atoms with Gasteiger partial charge >= 0.3 is 0 Å². The lowest BCUT2D eigenvalue weighted by atomic mass is 10.2. The zero-order valence-corrected chi connectivity index (χ0v) is 12.2. The van der Waals surface area contributed by atoms with Crippen molar-refractivity contribution in [3.63, 3.8) is 0 Å². The molecule has 0 aromatic heterocycles. The van der Waals surface area contributed by atoms with Gasteiger partial charge in [-0.1, -0.05) is 48.1 Å². The Balaban J connectivity index is 2.68. The Bertz CT molecular complexity index is 348. The van der Waals surface area contributed by atoms with Crippen LogP contribution in [-0.2, 0) is 0 Å². The smallest absolute Gasteiger partial charge is 0.156 e. The second-order valence-corrected chi connectivity index (χ2v) is 5.03. The minimum atomic E-state index is 0.294. The van der Waals surface area contributed by atoms with Crippen molar-refractivity contribution < 1.29 is 4.74 Å². The van der Waals surface area contributed by atoms with Gasteiger partial charge in [0.2, 0.25) is 0 Å². The van der Waals surface area contributed by atoms with Crippen molar-refractivity contribution >= 4 is 34.8 Å². The van der Waals surface area contributed by atoms with Gasteiger partial charge in [0.1, 0.15) is 6.61 Å². The molecule has 1 aromatic rings. The highest BCUT2D eigenvalue weighted by Gasteiger charge is 2.12. The maximum absolute atomic E-state index is 6.02. The van der Waals surface area contributed by atoms with Crippen molar-refractivity contribution in [2.75, 3.05) is 13.7 Å². The second-order valence-electron chi connectivity index (χ2n) is 3.78. The fraction of sp³-hybridized carbons (Fsp3) is 0.500. The third-order valence-electron chi connectivity index (χ3n) is 2.44. The molecule has 0 aliphatic rings. The highest BCUT2D eigenvalue weighted by atomic mass is 35.5. The van der Waals surface area contributed by atoms with Gasteiger partial charge in [0.15, 0.2) is 5.75 Å². The van der Waals surface area contributed by atoms with E-state index in [1.807, 2.05) is 7.05 Å². The second kappa shape index (κ2) is 7.32. The fourth-order valence-electron chi connectivity index (χ4n) is 1.51. The Morgan fingerprint density at radius 2 is 1.82 bits per heavy atom. The molecule has 0 heterocycles. The molecule has 0 aliphatic heterocycles. The summed E-state index contributed by atoms with van der Waals surface area (Å²) in [7, 11) is 1.91. The van der Waals surface area contributed by atoms with E-state index in [1.165, 1.54) is 0 Å². The van der Waals surface area contributed by atoms with Crippen molar-refractivity contribution in [2.45, 2.75) is 25.8 Å². The van der Waals surface area contributed by atoms with Crippen LogP contribution in [0, 0.1) is 0 Å². The Hall–Kier alpha value is -0.150. The Kier molecular flexibility index (Phi) is 6.42. The van der Waals surface area contributed by atoms with E-state index in [1.54, 1.807) is 12.1 Å². The standard InChI is InChI=1S/C12H16Cl3NO/c1-3-4-9(16-2)7-17-12-10(14)5-8(13)6-11(12)15/h5-6,9,16H,3-4,7H2,1-2H3. The van der Waals surface area contributed by atoms with E-state index in [0.717, 1.165) is 12.8 Å². The lowest BCUT2D eigenvalue weighted by molar-refractivity contribution is 0.263. The molecule has 0 radical (unpaired) electrons. The molecule has 1 N–H and O–H groups in total. The number of nitrogens with one attached hydrogen (secondary N) is 1. The SMILES string of the molecule is CCCC(COc1c(Cl)cc(Cl)cc1Cl)NC. The predicted molar refractivity (Wildman–Crippen MR) is 74.7 cm³/mol. The Morgan fingerprint density at radius 1 is 1.24 bits per heavy atom. The highest BCUT2D eigenvalue weighted by molar-refractivity contribution is 6.40. The van der Waals surface area contributed by atoms with E-state index in [-0.39, 0.29) is 0 Å². The van der Waals surface area contributed by atoms with Gasteiger partial charge in [-0.2, -0.15) is 0 Å². The first-order valence-corrected chi connectivity index (χ1v) is 6.66. The molecule has 1 aromatic carbocycles. The molecule has 0 fully saturated rings. The Labute approximate surface area is 117 Å². The predicted octanol–water partition coefficient (Wildman–Crippen LogP) is 4.41. The van der Waals surface area contributed by atoms with E-state index in [9.17, 15) is 0 Å². The minimum Gasteiger partial charge on any atom is -0.489 e. The van der Waals surface area contributed by atoms with E-state index >= 15 is 0 Å². The van der Waals surface area contributed by atoms with Crippen LogP contribution in [-0.4, -0.2) is 19.7 Å². The summed E-state index contributed by atoms with van der Waals surface area (Å²) in [4.78, 5) is 0. The van der Waals surface area contributed by atoms with Crippen LogP contribution in [0.1, 0.15) is 19.8 Å². The molecule has 0 spiro atoms. The molecule has 96 valence electrons. The first-order chi connectivity index (χ1) is 8.08. The number of rotatable bonds is 6. The van der Waals surface area contributed by atoms with Gasteiger partial charge in [-0.25, -0.2) is 0 Å². The summed E-state index contributed by atoms with van der Waals surface area (Å²) in [6.07, 6.45) is 2.14. The summed E-state index contributed by atoms with van der Waals surface area (Å²) in [5, 5.41) is 4.57. The van der Waals surface area contributed by atoms with Gasteiger partial charge in [0.25, 0.3) is 0 Å². The summed E-state index contributed by atoms with van der Waals surface area (Å²) in [5.41, 5.74) is 0. The van der Waals surface area contributed by atoms with Crippen LogP contribution in [0.2, 0.25) is 15.1 Å². The molecule has 0 aliphatic carbocycles. The van der Waals surface area contributed by atoms with E-state index < -0.39 is 0 Å². The number of ether oxygens (including phenoxy) is 1. The van der Waals surface area contributed by atoms with Gasteiger partial charge in [-0.05, 0) is 25.6 Å². The summed E-state index contributed by atoms with van der Waals surface area (Å²) in [6, 6.07) is 3.54. The molecule has 1 rings (SSSR count). The van der Waals surface area contributed by atoms with Crippen LogP contribution in [0.25, 0.3) is 0 Å². The van der Waals surface area contributed by atoms with Gasteiger partial charge in [0, 0.05) is 11.1 Å². The molecule has 1 unspecified atom stereocenters. The number of benzene rings is 1. The largest absolute Gasteiger partial charge is 0.489 e. The zero-order chi connectivity index (χ0) is 12.8. The third kappa shape index (κ3) is 4.55. The van der Waals surface area contributed by atoms with Crippen LogP contribution in [0.15, 0.2) is 12.1 Å². The minimum absolute atomic E-state index is 0.294. The molecule has 5 heteroatoms. The monoisotopic (exact) mass is 295 g/mol. The van der Waals surface area contributed by atoms with Crippen molar-refractivity contribution in [3.05, 3.63) is 27.2 Å². The van der Waals surface area contributed by atoms with E-state index in [4.69, 9.17) is 39.5 Å². The van der Waals surface area contributed by atoms with Crippen LogP contribution in [0.3, 0.4) is 0 Å². The third-order valence-corrected chi connectivity index (χ3v) is 3.22. The van der Waals surface area contributed by atoms with E-state index in [2.05, 4.69) is 12.2 Å². The topological polar surface area (TPSA) is 21.3 Å². The molecule has 0 saturated heterocycles. The molecule has 0 bridgehead atoms. The molecular weight excluding hydrogens is 280 g/mol. The summed E-state index contributed by atoms with van der Waals surface area (Å²) >= 11 is 17.9. The maximum atomic E-state index is 6.02. The van der Waals surface area contributed by atoms with Crippen LogP contribution in [0.5, 0.6) is 5.75 Å². The average molecular weight is 297 g/mol. The maximum Gasteiger partial charge on any atom is 0.156 e. The molecule has 1 atom stereocenters. The molecule has 2 nitrogen and oxygen atoms in total. The molecular formula is C12H16Cl3NO. The van der Waals surface area contributed by atoms with Crippen molar-refractivity contribution in [2.24, 2.45) is 0 Å².